The second-order valence-corrected chi connectivity index (χ2v) is 6.55. The van der Waals surface area contributed by atoms with Crippen molar-refractivity contribution in [2.75, 3.05) is 13.1 Å². The van der Waals surface area contributed by atoms with Crippen LogP contribution in [-0.2, 0) is 9.53 Å². The van der Waals surface area contributed by atoms with Crippen molar-refractivity contribution in [3.05, 3.63) is 12.7 Å². The van der Waals surface area contributed by atoms with E-state index in [1.54, 1.807) is 26.8 Å². The molecule has 1 aliphatic heterocycles. The fourth-order valence-electron chi connectivity index (χ4n) is 2.08. The summed E-state index contributed by atoms with van der Waals surface area (Å²) < 4.78 is 5.21. The standard InChI is InChI=1S/C15H25N3O3S/c1-5-9-16-13(22)18-10-7-6-8-11(12(18)19)17-14(20)21-15(2,3)4/h5,11H,1,6-10H2,2-4H3,(H,16,22)(H,17,20)/t11-/m0/s1. The minimum absolute atomic E-state index is 0.204. The van der Waals surface area contributed by atoms with Crippen molar-refractivity contribution in [1.82, 2.24) is 15.5 Å². The second-order valence-electron chi connectivity index (χ2n) is 6.16. The Morgan fingerprint density at radius 1 is 1.50 bits per heavy atom. The lowest BCUT2D eigenvalue weighted by Gasteiger charge is -2.26. The lowest BCUT2D eigenvalue weighted by Crippen LogP contribution is -2.52. The molecule has 124 valence electrons. The van der Waals surface area contributed by atoms with Crippen molar-refractivity contribution >= 4 is 29.3 Å². The van der Waals surface area contributed by atoms with Crippen molar-refractivity contribution in [3.8, 4) is 0 Å². The van der Waals surface area contributed by atoms with Crippen LogP contribution in [-0.4, -0.2) is 46.7 Å². The van der Waals surface area contributed by atoms with E-state index in [2.05, 4.69) is 17.2 Å². The molecule has 1 saturated heterocycles. The Balaban J connectivity index is 2.70. The summed E-state index contributed by atoms with van der Waals surface area (Å²) in [5.41, 5.74) is -0.599. The molecule has 0 unspecified atom stereocenters. The lowest BCUT2D eigenvalue weighted by atomic mass is 10.1. The number of hydrogen-bond donors (Lipinski definition) is 2. The van der Waals surface area contributed by atoms with E-state index in [1.807, 2.05) is 0 Å². The first kappa shape index (κ1) is 18.4. The van der Waals surface area contributed by atoms with Crippen molar-refractivity contribution < 1.29 is 14.3 Å². The Bertz CT molecular complexity index is 446. The van der Waals surface area contributed by atoms with Gasteiger partial charge in [0.2, 0.25) is 0 Å². The van der Waals surface area contributed by atoms with E-state index in [9.17, 15) is 9.59 Å². The van der Waals surface area contributed by atoms with Crippen molar-refractivity contribution in [2.45, 2.75) is 51.7 Å². The number of amides is 2. The molecule has 2 N–H and O–H groups in total. The molecule has 1 aliphatic rings. The molecule has 0 radical (unpaired) electrons. The van der Waals surface area contributed by atoms with Gasteiger partial charge in [-0.05, 0) is 52.3 Å². The van der Waals surface area contributed by atoms with Gasteiger partial charge in [0.1, 0.15) is 11.6 Å². The Morgan fingerprint density at radius 2 is 2.18 bits per heavy atom. The van der Waals surface area contributed by atoms with Crippen LogP contribution >= 0.6 is 12.2 Å². The zero-order valence-corrected chi connectivity index (χ0v) is 14.3. The van der Waals surface area contributed by atoms with E-state index in [0.717, 1.165) is 12.8 Å². The van der Waals surface area contributed by atoms with Crippen LogP contribution in [0.2, 0.25) is 0 Å². The monoisotopic (exact) mass is 327 g/mol. The third-order valence-corrected chi connectivity index (χ3v) is 3.39. The number of rotatable bonds is 3. The van der Waals surface area contributed by atoms with E-state index in [-0.39, 0.29) is 5.91 Å². The third kappa shape index (κ3) is 6.01. The first-order chi connectivity index (χ1) is 10.2. The van der Waals surface area contributed by atoms with Crippen LogP contribution in [0.3, 0.4) is 0 Å². The van der Waals surface area contributed by atoms with Crippen LogP contribution in [0.1, 0.15) is 40.0 Å². The quantitative estimate of drug-likeness (QED) is 0.612. The van der Waals surface area contributed by atoms with Gasteiger partial charge in [0.25, 0.3) is 5.91 Å². The lowest BCUT2D eigenvalue weighted by molar-refractivity contribution is -0.129. The van der Waals surface area contributed by atoms with Gasteiger partial charge in [-0.2, -0.15) is 0 Å². The minimum Gasteiger partial charge on any atom is -0.444 e. The van der Waals surface area contributed by atoms with Crippen LogP contribution in [0.4, 0.5) is 4.79 Å². The van der Waals surface area contributed by atoms with Crippen LogP contribution in [0.5, 0.6) is 0 Å². The highest BCUT2D eigenvalue weighted by Gasteiger charge is 2.31. The molecule has 0 aromatic carbocycles. The molecule has 2 amide bonds. The molecule has 0 aromatic heterocycles. The fourth-order valence-corrected chi connectivity index (χ4v) is 2.35. The van der Waals surface area contributed by atoms with Crippen LogP contribution in [0, 0.1) is 0 Å². The molecule has 6 nitrogen and oxygen atoms in total. The number of likely N-dealkylation sites (tertiary alicyclic amines) is 1. The topological polar surface area (TPSA) is 70.7 Å². The van der Waals surface area contributed by atoms with E-state index in [1.165, 1.54) is 4.90 Å². The summed E-state index contributed by atoms with van der Waals surface area (Å²) in [5, 5.41) is 5.96. The number of carbonyl (C=O) groups is 2. The summed E-state index contributed by atoms with van der Waals surface area (Å²) in [6.07, 6.45) is 3.35. The predicted octanol–water partition coefficient (Wildman–Crippen LogP) is 1.95. The molecule has 1 heterocycles. The van der Waals surface area contributed by atoms with Gasteiger partial charge in [-0.15, -0.1) is 6.58 Å². The minimum atomic E-state index is -0.610. The van der Waals surface area contributed by atoms with E-state index >= 15 is 0 Å². The molecule has 1 fully saturated rings. The molecule has 1 rings (SSSR count). The van der Waals surface area contributed by atoms with Gasteiger partial charge >= 0.3 is 6.09 Å². The van der Waals surface area contributed by atoms with Gasteiger partial charge in [-0.25, -0.2) is 4.79 Å². The van der Waals surface area contributed by atoms with Gasteiger partial charge in [-0.3, -0.25) is 9.69 Å². The highest BCUT2D eigenvalue weighted by atomic mass is 32.1. The fraction of sp³-hybridized carbons (Fsp3) is 0.667. The Hall–Kier alpha value is -1.63. The largest absolute Gasteiger partial charge is 0.444 e. The van der Waals surface area contributed by atoms with Gasteiger partial charge in [0.05, 0.1) is 0 Å². The highest BCUT2D eigenvalue weighted by molar-refractivity contribution is 7.80. The van der Waals surface area contributed by atoms with Gasteiger partial charge < -0.3 is 15.4 Å². The maximum Gasteiger partial charge on any atom is 0.408 e. The summed E-state index contributed by atoms with van der Waals surface area (Å²) in [5.74, 6) is -0.204. The molecule has 0 saturated carbocycles. The molecular formula is C15H25N3O3S. The second kappa shape index (κ2) is 8.12. The number of thiocarbonyl (C=S) groups is 1. The third-order valence-electron chi connectivity index (χ3n) is 3.02. The summed E-state index contributed by atoms with van der Waals surface area (Å²) in [6.45, 7) is 9.99. The Kier molecular flexibility index (Phi) is 6.80. The van der Waals surface area contributed by atoms with Crippen LogP contribution in [0.15, 0.2) is 12.7 Å². The van der Waals surface area contributed by atoms with Crippen LogP contribution < -0.4 is 10.6 Å². The smallest absolute Gasteiger partial charge is 0.408 e. The van der Waals surface area contributed by atoms with Crippen molar-refractivity contribution in [3.63, 3.8) is 0 Å². The zero-order chi connectivity index (χ0) is 16.8. The summed E-state index contributed by atoms with van der Waals surface area (Å²) in [7, 11) is 0. The highest BCUT2D eigenvalue weighted by Crippen LogP contribution is 2.14. The average molecular weight is 327 g/mol. The van der Waals surface area contributed by atoms with E-state index in [0.29, 0.717) is 24.6 Å². The van der Waals surface area contributed by atoms with Gasteiger partial charge in [-0.1, -0.05) is 6.08 Å². The number of hydrogen-bond acceptors (Lipinski definition) is 4. The first-order valence-electron chi connectivity index (χ1n) is 7.44. The van der Waals surface area contributed by atoms with Crippen LogP contribution in [0.25, 0.3) is 0 Å². The summed E-state index contributed by atoms with van der Waals surface area (Å²) in [4.78, 5) is 25.9. The molecule has 0 aromatic rings. The Morgan fingerprint density at radius 3 is 2.77 bits per heavy atom. The SMILES string of the molecule is C=CCNC(=S)N1CCCC[C@H](NC(=O)OC(C)(C)C)C1=O. The molecule has 7 heteroatoms. The van der Waals surface area contributed by atoms with Crippen molar-refractivity contribution in [2.24, 2.45) is 0 Å². The van der Waals surface area contributed by atoms with Gasteiger partial charge in [0, 0.05) is 13.1 Å². The first-order valence-corrected chi connectivity index (χ1v) is 7.85. The summed E-state index contributed by atoms with van der Waals surface area (Å²) in [6, 6.07) is -0.610. The van der Waals surface area contributed by atoms with E-state index < -0.39 is 17.7 Å². The maximum absolute atomic E-state index is 12.6. The number of alkyl carbamates (subject to hydrolysis) is 1. The molecule has 0 bridgehead atoms. The average Bonchev–Trinajstić information content (AvgIpc) is 2.57. The maximum atomic E-state index is 12.6. The molecule has 0 spiro atoms. The van der Waals surface area contributed by atoms with Crippen molar-refractivity contribution in [1.29, 1.82) is 0 Å². The zero-order valence-electron chi connectivity index (χ0n) is 13.5. The number of carbonyl (C=O) groups excluding carboxylic acids is 2. The van der Waals surface area contributed by atoms with Gasteiger partial charge in [0.15, 0.2) is 5.11 Å². The number of nitrogens with one attached hydrogen (secondary N) is 2. The normalized spacial score (nSPS) is 19.1. The summed E-state index contributed by atoms with van der Waals surface area (Å²) >= 11 is 5.23. The van der Waals surface area contributed by atoms with E-state index in [4.69, 9.17) is 17.0 Å². The number of ether oxygens (including phenoxy) is 1. The molecule has 0 aliphatic carbocycles. The molecular weight excluding hydrogens is 302 g/mol. The predicted molar refractivity (Wildman–Crippen MR) is 89.5 cm³/mol. The molecule has 22 heavy (non-hydrogen) atoms. The Labute approximate surface area is 137 Å². The number of nitrogens with zero attached hydrogens (tertiary/aromatic N) is 1. The molecule has 1 atom stereocenters.